The van der Waals surface area contributed by atoms with E-state index in [0.29, 0.717) is 19.1 Å². The van der Waals surface area contributed by atoms with Crippen molar-refractivity contribution in [3.05, 3.63) is 29.3 Å². The Kier molecular flexibility index (Phi) is 6.03. The van der Waals surface area contributed by atoms with Gasteiger partial charge in [0.25, 0.3) is 0 Å². The number of fused-ring (bicyclic) bond motifs is 1. The lowest BCUT2D eigenvalue weighted by atomic mass is 9.86. The van der Waals surface area contributed by atoms with E-state index in [1.807, 2.05) is 12.1 Å². The minimum Gasteiger partial charge on any atom is -0.497 e. The lowest BCUT2D eigenvalue weighted by Gasteiger charge is -2.31. The van der Waals surface area contributed by atoms with E-state index in [2.05, 4.69) is 19.9 Å². The Balaban J connectivity index is 1.86. The zero-order valence-corrected chi connectivity index (χ0v) is 13.3. The van der Waals surface area contributed by atoms with Gasteiger partial charge < -0.3 is 19.9 Å². The maximum absolute atomic E-state index is 6.36. The molecule has 2 unspecified atom stereocenters. The van der Waals surface area contributed by atoms with E-state index in [-0.39, 0.29) is 12.1 Å². The Morgan fingerprint density at radius 3 is 2.81 bits per heavy atom. The van der Waals surface area contributed by atoms with Gasteiger partial charge in [0.2, 0.25) is 0 Å². The topological polar surface area (TPSA) is 53.7 Å². The summed E-state index contributed by atoms with van der Waals surface area (Å²) >= 11 is 0. The van der Waals surface area contributed by atoms with Crippen LogP contribution in [0.4, 0.5) is 0 Å². The number of benzene rings is 1. The molecule has 0 radical (unpaired) electrons. The molecule has 1 aromatic rings. The van der Waals surface area contributed by atoms with Crippen LogP contribution in [0.3, 0.4) is 0 Å². The molecule has 0 amide bonds. The van der Waals surface area contributed by atoms with Gasteiger partial charge in [0.05, 0.1) is 32.5 Å². The smallest absolute Gasteiger partial charge is 0.119 e. The van der Waals surface area contributed by atoms with Gasteiger partial charge in [0.1, 0.15) is 5.75 Å². The van der Waals surface area contributed by atoms with Crippen LogP contribution in [0.2, 0.25) is 0 Å². The predicted molar refractivity (Wildman–Crippen MR) is 83.6 cm³/mol. The number of nitrogens with two attached hydrogens (primary N) is 1. The van der Waals surface area contributed by atoms with Crippen molar-refractivity contribution in [2.24, 2.45) is 11.7 Å². The molecule has 2 rings (SSSR count). The fraction of sp³-hybridized carbons (Fsp3) is 0.647. The average molecular weight is 293 g/mol. The Bertz CT molecular complexity index is 448. The van der Waals surface area contributed by atoms with Crippen molar-refractivity contribution in [2.45, 2.75) is 38.8 Å². The molecule has 2 atom stereocenters. The van der Waals surface area contributed by atoms with E-state index >= 15 is 0 Å². The first-order valence-electron chi connectivity index (χ1n) is 7.73. The summed E-state index contributed by atoms with van der Waals surface area (Å²) in [5.74, 6) is 1.41. The zero-order valence-electron chi connectivity index (χ0n) is 13.3. The molecule has 0 bridgehead atoms. The maximum atomic E-state index is 6.36. The third kappa shape index (κ3) is 4.43. The van der Waals surface area contributed by atoms with Crippen molar-refractivity contribution in [3.8, 4) is 5.75 Å². The summed E-state index contributed by atoms with van der Waals surface area (Å²) < 4.78 is 16.7. The van der Waals surface area contributed by atoms with E-state index < -0.39 is 0 Å². The lowest BCUT2D eigenvalue weighted by Crippen LogP contribution is -2.34. The molecule has 118 valence electrons. The van der Waals surface area contributed by atoms with Gasteiger partial charge in [-0.3, -0.25) is 0 Å². The molecule has 0 saturated carbocycles. The van der Waals surface area contributed by atoms with Crippen LogP contribution < -0.4 is 10.5 Å². The van der Waals surface area contributed by atoms with E-state index in [1.54, 1.807) is 7.11 Å². The number of rotatable bonds is 7. The normalized spacial score (nSPS) is 21.4. The van der Waals surface area contributed by atoms with E-state index in [4.69, 9.17) is 19.9 Å². The zero-order chi connectivity index (χ0) is 15.2. The summed E-state index contributed by atoms with van der Waals surface area (Å²) in [5, 5.41) is 0. The van der Waals surface area contributed by atoms with Crippen LogP contribution in [0.25, 0.3) is 0 Å². The lowest BCUT2D eigenvalue weighted by molar-refractivity contribution is -0.0167. The highest BCUT2D eigenvalue weighted by atomic mass is 16.5. The molecule has 0 spiro atoms. The number of aryl methyl sites for hydroxylation is 1. The fourth-order valence-corrected chi connectivity index (χ4v) is 2.68. The maximum Gasteiger partial charge on any atom is 0.119 e. The number of ether oxygens (including phenoxy) is 3. The molecule has 2 N–H and O–H groups in total. The van der Waals surface area contributed by atoms with Gasteiger partial charge >= 0.3 is 0 Å². The number of methoxy groups -OCH3 is 1. The molecule has 1 aromatic carbocycles. The average Bonchev–Trinajstić information content (AvgIpc) is 2.48. The third-order valence-corrected chi connectivity index (χ3v) is 3.82. The summed E-state index contributed by atoms with van der Waals surface area (Å²) in [6.45, 7) is 6.29. The summed E-state index contributed by atoms with van der Waals surface area (Å²) in [5.41, 5.74) is 8.81. The van der Waals surface area contributed by atoms with Crippen molar-refractivity contribution in [1.82, 2.24) is 0 Å². The van der Waals surface area contributed by atoms with Crippen molar-refractivity contribution in [1.29, 1.82) is 0 Å². The van der Waals surface area contributed by atoms with E-state index in [9.17, 15) is 0 Å². The van der Waals surface area contributed by atoms with Gasteiger partial charge in [-0.05, 0) is 42.0 Å². The predicted octanol–water partition coefficient (Wildman–Crippen LogP) is 2.70. The molecule has 0 saturated heterocycles. The summed E-state index contributed by atoms with van der Waals surface area (Å²) in [4.78, 5) is 0. The van der Waals surface area contributed by atoms with E-state index in [1.165, 1.54) is 5.56 Å². The molecule has 1 aliphatic carbocycles. The monoisotopic (exact) mass is 293 g/mol. The Labute approximate surface area is 127 Å². The van der Waals surface area contributed by atoms with Crippen molar-refractivity contribution in [3.63, 3.8) is 0 Å². The van der Waals surface area contributed by atoms with Gasteiger partial charge in [0.15, 0.2) is 0 Å². The standard InChI is InChI=1S/C17H27NO3/c1-12(2)11-20-8-9-21-16-7-5-13-4-6-14(19-3)10-15(13)17(16)18/h4,6,10,12,16-17H,5,7-9,11,18H2,1-3H3. The summed E-state index contributed by atoms with van der Waals surface area (Å²) in [6, 6.07) is 6.04. The highest BCUT2D eigenvalue weighted by Crippen LogP contribution is 2.32. The highest BCUT2D eigenvalue weighted by Gasteiger charge is 2.27. The van der Waals surface area contributed by atoms with Crippen LogP contribution in [0.15, 0.2) is 18.2 Å². The Hall–Kier alpha value is -1.10. The van der Waals surface area contributed by atoms with E-state index in [0.717, 1.165) is 30.8 Å². The van der Waals surface area contributed by atoms with Crippen molar-refractivity contribution >= 4 is 0 Å². The highest BCUT2D eigenvalue weighted by molar-refractivity contribution is 5.39. The molecule has 21 heavy (non-hydrogen) atoms. The van der Waals surface area contributed by atoms with Crippen molar-refractivity contribution < 1.29 is 14.2 Å². The van der Waals surface area contributed by atoms with Crippen LogP contribution in [0.5, 0.6) is 5.75 Å². The molecule has 0 aromatic heterocycles. The van der Waals surface area contributed by atoms with Crippen LogP contribution in [-0.4, -0.2) is 33.0 Å². The van der Waals surface area contributed by atoms with Crippen LogP contribution in [0, 0.1) is 5.92 Å². The largest absolute Gasteiger partial charge is 0.497 e. The second-order valence-corrected chi connectivity index (χ2v) is 6.01. The van der Waals surface area contributed by atoms with Crippen LogP contribution in [-0.2, 0) is 15.9 Å². The summed E-state index contributed by atoms with van der Waals surface area (Å²) in [7, 11) is 1.68. The SMILES string of the molecule is COc1ccc2c(c1)C(N)C(OCCOCC(C)C)CC2. The first kappa shape index (κ1) is 16.3. The quantitative estimate of drug-likeness (QED) is 0.785. The molecule has 0 fully saturated rings. The van der Waals surface area contributed by atoms with Gasteiger partial charge in [-0.15, -0.1) is 0 Å². The fourth-order valence-electron chi connectivity index (χ4n) is 2.68. The molecular formula is C17H27NO3. The van der Waals surface area contributed by atoms with Gasteiger partial charge in [-0.2, -0.15) is 0 Å². The molecular weight excluding hydrogens is 266 g/mol. The second kappa shape index (κ2) is 7.78. The molecule has 4 heteroatoms. The number of hydrogen-bond acceptors (Lipinski definition) is 4. The van der Waals surface area contributed by atoms with Crippen LogP contribution in [0.1, 0.15) is 37.4 Å². The van der Waals surface area contributed by atoms with Gasteiger partial charge in [-0.1, -0.05) is 19.9 Å². The Morgan fingerprint density at radius 1 is 1.29 bits per heavy atom. The second-order valence-electron chi connectivity index (χ2n) is 6.01. The number of hydrogen-bond donors (Lipinski definition) is 1. The van der Waals surface area contributed by atoms with Gasteiger partial charge in [-0.25, -0.2) is 0 Å². The molecule has 0 aliphatic heterocycles. The first-order chi connectivity index (χ1) is 10.1. The molecule has 4 nitrogen and oxygen atoms in total. The van der Waals surface area contributed by atoms with Gasteiger partial charge in [0, 0.05) is 6.61 Å². The summed E-state index contributed by atoms with van der Waals surface area (Å²) in [6.07, 6.45) is 2.03. The minimum absolute atomic E-state index is 0.0623. The Morgan fingerprint density at radius 2 is 2.10 bits per heavy atom. The molecule has 0 heterocycles. The third-order valence-electron chi connectivity index (χ3n) is 3.82. The first-order valence-corrected chi connectivity index (χ1v) is 7.73. The minimum atomic E-state index is -0.0889. The van der Waals surface area contributed by atoms with Crippen LogP contribution >= 0.6 is 0 Å². The van der Waals surface area contributed by atoms with Crippen molar-refractivity contribution in [2.75, 3.05) is 26.9 Å². The molecule has 1 aliphatic rings.